The first-order valence-corrected chi connectivity index (χ1v) is 10.8. The maximum Gasteiger partial charge on any atom is 0.417 e. The van der Waals surface area contributed by atoms with Crippen molar-refractivity contribution in [3.63, 3.8) is 0 Å². The van der Waals surface area contributed by atoms with E-state index in [-0.39, 0.29) is 41.2 Å². The summed E-state index contributed by atoms with van der Waals surface area (Å²) in [6.45, 7) is 1.96. The Morgan fingerprint density at radius 2 is 1.85 bits per heavy atom. The number of fused-ring (bicyclic) bond motifs is 2. The zero-order chi connectivity index (χ0) is 24.0. The van der Waals surface area contributed by atoms with E-state index in [1.165, 1.54) is 36.7 Å². The number of benzene rings is 1. The summed E-state index contributed by atoms with van der Waals surface area (Å²) in [7, 11) is 0. The Balaban J connectivity index is 1.40. The third-order valence-corrected chi connectivity index (χ3v) is 6.58. The van der Waals surface area contributed by atoms with Gasteiger partial charge in [0.05, 0.1) is 17.2 Å². The van der Waals surface area contributed by atoms with Gasteiger partial charge in [-0.1, -0.05) is 0 Å². The molecule has 5 rings (SSSR count). The van der Waals surface area contributed by atoms with E-state index in [0.717, 1.165) is 12.3 Å². The van der Waals surface area contributed by atoms with Gasteiger partial charge in [-0.25, -0.2) is 19.3 Å². The highest BCUT2D eigenvalue weighted by atomic mass is 19.4. The number of nitrogens with zero attached hydrogens (tertiary/aromatic N) is 4. The Bertz CT molecular complexity index is 1200. The van der Waals surface area contributed by atoms with Gasteiger partial charge in [0.1, 0.15) is 11.9 Å². The topological polar surface area (TPSA) is 68.2 Å². The molecule has 10 heteroatoms. The summed E-state index contributed by atoms with van der Waals surface area (Å²) in [5.74, 6) is -0.319. The molecule has 3 heterocycles. The molecular weight excluding hydrogens is 452 g/mol. The first-order chi connectivity index (χ1) is 16.2. The molecule has 1 aromatic carbocycles. The Morgan fingerprint density at radius 3 is 2.50 bits per heavy atom. The average Bonchev–Trinajstić information content (AvgIpc) is 3.36. The normalized spacial score (nSPS) is 23.9. The van der Waals surface area contributed by atoms with Crippen LogP contribution < -0.4 is 4.74 Å². The van der Waals surface area contributed by atoms with Gasteiger partial charge in [-0.2, -0.15) is 13.2 Å². The largest absolute Gasteiger partial charge is 0.472 e. The number of hydrogen-bond acceptors (Lipinski definition) is 5. The third kappa shape index (κ3) is 3.97. The van der Waals surface area contributed by atoms with E-state index in [2.05, 4.69) is 15.0 Å². The van der Waals surface area contributed by atoms with Crippen molar-refractivity contribution in [2.75, 3.05) is 0 Å². The number of carbonyl (C=O) groups is 1. The molecule has 2 bridgehead atoms. The van der Waals surface area contributed by atoms with Crippen molar-refractivity contribution >= 4 is 5.91 Å². The summed E-state index contributed by atoms with van der Waals surface area (Å²) in [5, 5.41) is 0. The second-order valence-corrected chi connectivity index (χ2v) is 8.55. The average molecular weight is 472 g/mol. The number of likely N-dealkylation sites (tertiary alicyclic amines) is 1. The number of carbonyl (C=O) groups excluding carboxylic acids is 1. The van der Waals surface area contributed by atoms with E-state index in [0.29, 0.717) is 18.4 Å². The number of aromatic nitrogens is 3. The minimum atomic E-state index is -4.48. The van der Waals surface area contributed by atoms with Crippen LogP contribution in [-0.2, 0) is 6.18 Å². The lowest BCUT2D eigenvalue weighted by Gasteiger charge is -2.38. The van der Waals surface area contributed by atoms with Crippen molar-refractivity contribution in [1.82, 2.24) is 19.9 Å². The highest BCUT2D eigenvalue weighted by molar-refractivity contribution is 6.00. The van der Waals surface area contributed by atoms with E-state index in [4.69, 9.17) is 4.74 Å². The van der Waals surface area contributed by atoms with Crippen molar-refractivity contribution in [3.05, 3.63) is 71.9 Å². The molecule has 4 atom stereocenters. The Morgan fingerprint density at radius 1 is 1.09 bits per heavy atom. The molecule has 6 nitrogen and oxygen atoms in total. The van der Waals surface area contributed by atoms with Gasteiger partial charge in [0, 0.05) is 36.3 Å². The number of pyridine rings is 1. The van der Waals surface area contributed by atoms with Crippen molar-refractivity contribution in [2.45, 2.75) is 44.1 Å². The van der Waals surface area contributed by atoms with Crippen LogP contribution in [0.1, 0.15) is 35.7 Å². The van der Waals surface area contributed by atoms with Crippen molar-refractivity contribution in [1.29, 1.82) is 0 Å². The van der Waals surface area contributed by atoms with Crippen molar-refractivity contribution < 1.29 is 27.1 Å². The maximum absolute atomic E-state index is 14.0. The Kier molecular flexibility index (Phi) is 5.45. The van der Waals surface area contributed by atoms with Gasteiger partial charge in [0.2, 0.25) is 5.88 Å². The highest BCUT2D eigenvalue weighted by Gasteiger charge is 2.53. The molecule has 1 aliphatic carbocycles. The van der Waals surface area contributed by atoms with E-state index in [1.54, 1.807) is 11.0 Å². The molecule has 1 amide bonds. The molecule has 1 saturated heterocycles. The van der Waals surface area contributed by atoms with Crippen LogP contribution in [0.15, 0.2) is 55.0 Å². The van der Waals surface area contributed by atoms with Crippen LogP contribution in [0.2, 0.25) is 0 Å². The highest BCUT2D eigenvalue weighted by Crippen LogP contribution is 2.45. The van der Waals surface area contributed by atoms with Gasteiger partial charge < -0.3 is 9.64 Å². The second kappa shape index (κ2) is 8.34. The predicted molar refractivity (Wildman–Crippen MR) is 113 cm³/mol. The van der Waals surface area contributed by atoms with Gasteiger partial charge in [0.15, 0.2) is 5.82 Å². The molecule has 0 unspecified atom stereocenters. The zero-order valence-corrected chi connectivity index (χ0v) is 18.0. The summed E-state index contributed by atoms with van der Waals surface area (Å²) in [4.78, 5) is 27.5. The molecule has 2 aromatic heterocycles. The van der Waals surface area contributed by atoms with Crippen LogP contribution in [0.25, 0.3) is 11.4 Å². The molecule has 2 fully saturated rings. The number of amides is 1. The number of ether oxygens (including phenoxy) is 1. The standard InChI is InChI=1S/C24H20F4N4O2/c1-13-14-9-19(20(10-14)34-21-6-3-15(12-31-21)24(26,27)28)32(13)23(33)17-5-4-16(25)11-18(17)22-29-7-2-8-30-22/h2-8,11-14,19-20H,9-10H2,1H3/t13-,14-,19+,20-/m0/s1. The van der Waals surface area contributed by atoms with Crippen molar-refractivity contribution in [3.8, 4) is 17.3 Å². The molecule has 3 aromatic rings. The Labute approximate surface area is 192 Å². The van der Waals surface area contributed by atoms with Gasteiger partial charge in [-0.3, -0.25) is 4.79 Å². The molecular formula is C24H20F4N4O2. The summed E-state index contributed by atoms with van der Waals surface area (Å²) in [5.41, 5.74) is -0.286. The molecule has 0 radical (unpaired) electrons. The SMILES string of the molecule is C[C@H]1[C@@H]2C[C@H](Oc3ccc(C(F)(F)F)cn3)[C@@H](C2)N1C(=O)c1ccc(F)cc1-c1ncccn1. The van der Waals surface area contributed by atoms with E-state index in [1.807, 2.05) is 6.92 Å². The van der Waals surface area contributed by atoms with E-state index >= 15 is 0 Å². The lowest BCUT2D eigenvalue weighted by atomic mass is 9.97. The molecule has 34 heavy (non-hydrogen) atoms. The summed E-state index contributed by atoms with van der Waals surface area (Å²) >= 11 is 0. The number of piperidine rings is 1. The van der Waals surface area contributed by atoms with Crippen molar-refractivity contribution in [2.24, 2.45) is 5.92 Å². The third-order valence-electron chi connectivity index (χ3n) is 6.58. The van der Waals surface area contributed by atoms with Gasteiger partial charge >= 0.3 is 6.18 Å². The second-order valence-electron chi connectivity index (χ2n) is 8.55. The van der Waals surface area contributed by atoms with Crippen LogP contribution >= 0.6 is 0 Å². The number of hydrogen-bond donors (Lipinski definition) is 0. The fourth-order valence-corrected chi connectivity index (χ4v) is 4.93. The quantitative estimate of drug-likeness (QED) is 0.512. The monoisotopic (exact) mass is 472 g/mol. The summed E-state index contributed by atoms with van der Waals surface area (Å²) < 4.78 is 58.4. The molecule has 0 N–H and O–H groups in total. The minimum Gasteiger partial charge on any atom is -0.472 e. The lowest BCUT2D eigenvalue weighted by Crippen LogP contribution is -2.51. The summed E-state index contributed by atoms with van der Waals surface area (Å²) in [6.07, 6.45) is 0.245. The minimum absolute atomic E-state index is 0.0748. The molecule has 1 aliphatic heterocycles. The molecule has 2 aliphatic rings. The van der Waals surface area contributed by atoms with Gasteiger partial charge in [0.25, 0.3) is 5.91 Å². The molecule has 176 valence electrons. The van der Waals surface area contributed by atoms with Gasteiger partial charge in [-0.05, 0) is 56.0 Å². The van der Waals surface area contributed by atoms with Crippen LogP contribution in [0.5, 0.6) is 5.88 Å². The van der Waals surface area contributed by atoms with Crippen LogP contribution in [0.3, 0.4) is 0 Å². The summed E-state index contributed by atoms with van der Waals surface area (Å²) in [6, 6.07) is 7.26. The van der Waals surface area contributed by atoms with Crippen LogP contribution in [0.4, 0.5) is 17.6 Å². The smallest absolute Gasteiger partial charge is 0.417 e. The lowest BCUT2D eigenvalue weighted by molar-refractivity contribution is -0.137. The maximum atomic E-state index is 14.0. The van der Waals surface area contributed by atoms with E-state index < -0.39 is 23.7 Å². The zero-order valence-electron chi connectivity index (χ0n) is 18.0. The number of rotatable bonds is 4. The first kappa shape index (κ1) is 22.2. The molecule has 0 spiro atoms. The van der Waals surface area contributed by atoms with E-state index in [9.17, 15) is 22.4 Å². The fourth-order valence-electron chi connectivity index (χ4n) is 4.93. The predicted octanol–water partition coefficient (Wildman–Crippen LogP) is 4.77. The first-order valence-electron chi connectivity index (χ1n) is 10.8. The Hall–Kier alpha value is -3.56. The number of alkyl halides is 3. The molecule has 1 saturated carbocycles. The van der Waals surface area contributed by atoms with Crippen LogP contribution in [0, 0.1) is 11.7 Å². The number of halogens is 4. The van der Waals surface area contributed by atoms with Crippen LogP contribution in [-0.4, -0.2) is 43.9 Å². The van der Waals surface area contributed by atoms with Gasteiger partial charge in [-0.15, -0.1) is 0 Å². The fraction of sp³-hybridized carbons (Fsp3) is 0.333.